The molecular formula is C28H45NO3. The maximum Gasteiger partial charge on any atom is 0.155 e. The Balaban J connectivity index is 2.00. The van der Waals surface area contributed by atoms with E-state index in [0.29, 0.717) is 37.5 Å². The highest BCUT2D eigenvalue weighted by molar-refractivity contribution is 5.93. The molecule has 1 N–H and O–H groups in total. The van der Waals surface area contributed by atoms with Gasteiger partial charge < -0.3 is 10.1 Å². The molecule has 0 bridgehead atoms. The van der Waals surface area contributed by atoms with Crippen LogP contribution in [0.2, 0.25) is 0 Å². The number of rotatable bonds is 12. The van der Waals surface area contributed by atoms with Gasteiger partial charge in [-0.15, -0.1) is 0 Å². The molecule has 0 amide bonds. The van der Waals surface area contributed by atoms with Crippen LogP contribution in [0.4, 0.5) is 5.69 Å². The fourth-order valence-corrected chi connectivity index (χ4v) is 4.89. The highest BCUT2D eigenvalue weighted by atomic mass is 16.5. The van der Waals surface area contributed by atoms with Crippen molar-refractivity contribution in [3.05, 3.63) is 29.3 Å². The molecule has 1 aliphatic rings. The predicted octanol–water partition coefficient (Wildman–Crippen LogP) is 6.99. The fraction of sp³-hybridized carbons (Fsp3) is 0.714. The first-order chi connectivity index (χ1) is 15.2. The first kappa shape index (κ1) is 26.6. The third kappa shape index (κ3) is 7.72. The van der Waals surface area contributed by atoms with Crippen molar-refractivity contribution in [3.8, 4) is 0 Å². The largest absolute Gasteiger partial charge is 0.375 e. The Hall–Kier alpha value is -1.68. The van der Waals surface area contributed by atoms with Crippen LogP contribution in [0.1, 0.15) is 109 Å². The zero-order valence-electron chi connectivity index (χ0n) is 21.3. The number of ketones is 2. The van der Waals surface area contributed by atoms with E-state index in [1.165, 1.54) is 11.1 Å². The highest BCUT2D eigenvalue weighted by Gasteiger charge is 2.27. The van der Waals surface area contributed by atoms with Crippen molar-refractivity contribution in [2.24, 2.45) is 5.92 Å². The molecular weight excluding hydrogens is 398 g/mol. The number of hydrogen-bond donors (Lipinski definition) is 1. The van der Waals surface area contributed by atoms with Crippen LogP contribution in [0.5, 0.6) is 0 Å². The lowest BCUT2D eigenvalue weighted by atomic mass is 9.81. The van der Waals surface area contributed by atoms with Gasteiger partial charge in [0.05, 0.1) is 11.6 Å². The van der Waals surface area contributed by atoms with Crippen LogP contribution in [-0.2, 0) is 14.3 Å². The van der Waals surface area contributed by atoms with Crippen molar-refractivity contribution in [1.82, 2.24) is 0 Å². The van der Waals surface area contributed by atoms with Crippen molar-refractivity contribution in [2.75, 3.05) is 11.9 Å². The van der Waals surface area contributed by atoms with Gasteiger partial charge in [0.25, 0.3) is 0 Å². The lowest BCUT2D eigenvalue weighted by molar-refractivity contribution is -0.122. The summed E-state index contributed by atoms with van der Waals surface area (Å²) in [5.74, 6) is 1.37. The van der Waals surface area contributed by atoms with Crippen molar-refractivity contribution < 1.29 is 14.3 Å². The van der Waals surface area contributed by atoms with E-state index in [1.807, 2.05) is 0 Å². The number of benzene rings is 1. The van der Waals surface area contributed by atoms with Gasteiger partial charge in [-0.25, -0.2) is 0 Å². The topological polar surface area (TPSA) is 55.4 Å². The lowest BCUT2D eigenvalue weighted by Gasteiger charge is -2.32. The lowest BCUT2D eigenvalue weighted by Crippen LogP contribution is -2.30. The summed E-state index contributed by atoms with van der Waals surface area (Å²) < 4.78 is 6.23. The highest BCUT2D eigenvalue weighted by Crippen LogP contribution is 2.34. The molecule has 4 heteroatoms. The molecule has 1 aliphatic carbocycles. The Morgan fingerprint density at radius 2 is 1.84 bits per heavy atom. The Kier molecular flexibility index (Phi) is 10.4. The third-order valence-corrected chi connectivity index (χ3v) is 7.27. The number of anilines is 1. The van der Waals surface area contributed by atoms with Gasteiger partial charge >= 0.3 is 0 Å². The van der Waals surface area contributed by atoms with Gasteiger partial charge in [0.1, 0.15) is 5.78 Å². The maximum absolute atomic E-state index is 12.4. The molecule has 1 aromatic rings. The van der Waals surface area contributed by atoms with E-state index < -0.39 is 0 Å². The number of aryl methyl sites for hydroxylation is 1. The van der Waals surface area contributed by atoms with Gasteiger partial charge in [0, 0.05) is 31.6 Å². The summed E-state index contributed by atoms with van der Waals surface area (Å²) in [5, 5.41) is 3.39. The van der Waals surface area contributed by atoms with Crippen molar-refractivity contribution in [3.63, 3.8) is 0 Å². The van der Waals surface area contributed by atoms with Crippen LogP contribution < -0.4 is 5.32 Å². The summed E-state index contributed by atoms with van der Waals surface area (Å²) in [6.07, 6.45) is 7.41. The molecule has 0 spiro atoms. The van der Waals surface area contributed by atoms with Crippen molar-refractivity contribution in [1.29, 1.82) is 0 Å². The molecule has 1 aromatic carbocycles. The number of carbonyl (C=O) groups excluding carboxylic acids is 2. The molecule has 32 heavy (non-hydrogen) atoms. The third-order valence-electron chi connectivity index (χ3n) is 7.27. The number of Topliss-reactive ketones (excluding diaryl/α,β-unsaturated/α-hetero) is 2. The van der Waals surface area contributed by atoms with Crippen LogP contribution in [0, 0.1) is 12.8 Å². The Morgan fingerprint density at radius 3 is 2.50 bits per heavy atom. The van der Waals surface area contributed by atoms with E-state index in [4.69, 9.17) is 4.74 Å². The molecule has 4 nitrogen and oxygen atoms in total. The van der Waals surface area contributed by atoms with E-state index in [2.05, 4.69) is 65.1 Å². The SMILES string of the molecule is CCCOC(C)(CCC)CCC(C)C(C)c1ccc(NC2CCC(=O)CCC2=O)cc1C. The molecule has 1 fully saturated rings. The second-order valence-electron chi connectivity index (χ2n) is 10.2. The molecule has 180 valence electrons. The number of ether oxygens (including phenoxy) is 1. The average molecular weight is 444 g/mol. The second-order valence-corrected chi connectivity index (χ2v) is 10.2. The quantitative estimate of drug-likeness (QED) is 0.354. The Morgan fingerprint density at radius 1 is 1.09 bits per heavy atom. The van der Waals surface area contributed by atoms with Crippen LogP contribution in [0.15, 0.2) is 18.2 Å². The molecule has 0 radical (unpaired) electrons. The zero-order chi connectivity index (χ0) is 23.7. The van der Waals surface area contributed by atoms with Gasteiger partial charge in [0.15, 0.2) is 5.78 Å². The van der Waals surface area contributed by atoms with E-state index in [9.17, 15) is 9.59 Å². The first-order valence-corrected chi connectivity index (χ1v) is 12.7. The summed E-state index contributed by atoms with van der Waals surface area (Å²) >= 11 is 0. The van der Waals surface area contributed by atoms with E-state index in [-0.39, 0.29) is 23.2 Å². The molecule has 0 aliphatic heterocycles. The standard InChI is InChI=1S/C28H45NO3/c1-7-16-28(6,32-18-8-2)17-15-20(3)22(5)25-12-9-23(19-21(25)4)29-26-13-10-24(30)11-14-27(26)31/h9,12,19-20,22,26,29H,7-8,10-11,13-18H2,1-6H3. The van der Waals surface area contributed by atoms with Gasteiger partial charge in [-0.1, -0.05) is 40.2 Å². The zero-order valence-corrected chi connectivity index (χ0v) is 21.3. The minimum absolute atomic E-state index is 0.0196. The Bertz CT molecular complexity index is 759. The Labute approximate surface area is 195 Å². The molecule has 4 atom stereocenters. The molecule has 0 aromatic heterocycles. The van der Waals surface area contributed by atoms with Gasteiger partial charge in [-0.2, -0.15) is 0 Å². The van der Waals surface area contributed by atoms with Crippen LogP contribution in [0.25, 0.3) is 0 Å². The van der Waals surface area contributed by atoms with Crippen LogP contribution in [-0.4, -0.2) is 29.8 Å². The van der Waals surface area contributed by atoms with E-state index in [1.54, 1.807) is 0 Å². The first-order valence-electron chi connectivity index (χ1n) is 12.7. The smallest absolute Gasteiger partial charge is 0.155 e. The van der Waals surface area contributed by atoms with Crippen LogP contribution >= 0.6 is 0 Å². The van der Waals surface area contributed by atoms with Gasteiger partial charge in [0.2, 0.25) is 0 Å². The maximum atomic E-state index is 12.4. The average Bonchev–Trinajstić information content (AvgIpc) is 2.92. The second kappa shape index (κ2) is 12.5. The fourth-order valence-electron chi connectivity index (χ4n) is 4.89. The van der Waals surface area contributed by atoms with E-state index in [0.717, 1.165) is 44.4 Å². The van der Waals surface area contributed by atoms with Gasteiger partial charge in [-0.05, 0) is 81.0 Å². The predicted molar refractivity (Wildman–Crippen MR) is 133 cm³/mol. The summed E-state index contributed by atoms with van der Waals surface area (Å²) in [5.41, 5.74) is 3.58. The monoisotopic (exact) mass is 443 g/mol. The molecule has 2 rings (SSSR count). The summed E-state index contributed by atoms with van der Waals surface area (Å²) in [7, 11) is 0. The molecule has 4 unspecified atom stereocenters. The summed E-state index contributed by atoms with van der Waals surface area (Å²) in [6.45, 7) is 14.4. The number of nitrogens with one attached hydrogen (secondary N) is 1. The minimum atomic E-state index is -0.248. The van der Waals surface area contributed by atoms with Crippen molar-refractivity contribution in [2.45, 2.75) is 117 Å². The summed E-state index contributed by atoms with van der Waals surface area (Å²) in [6, 6.07) is 6.22. The van der Waals surface area contributed by atoms with Crippen molar-refractivity contribution >= 4 is 17.3 Å². The number of hydrogen-bond acceptors (Lipinski definition) is 4. The van der Waals surface area contributed by atoms with Gasteiger partial charge in [-0.3, -0.25) is 9.59 Å². The molecule has 1 saturated carbocycles. The normalized spacial score (nSPS) is 21.0. The molecule has 0 saturated heterocycles. The van der Waals surface area contributed by atoms with Crippen LogP contribution in [0.3, 0.4) is 0 Å². The summed E-state index contributed by atoms with van der Waals surface area (Å²) in [4.78, 5) is 24.0. The molecule has 0 heterocycles. The van der Waals surface area contributed by atoms with E-state index >= 15 is 0 Å². The minimum Gasteiger partial charge on any atom is -0.375 e. The number of carbonyl (C=O) groups is 2.